The van der Waals surface area contributed by atoms with Gasteiger partial charge in [0.25, 0.3) is 0 Å². The van der Waals surface area contributed by atoms with E-state index in [1.165, 1.54) is 6.08 Å². The summed E-state index contributed by atoms with van der Waals surface area (Å²) < 4.78 is 30.5. The average molecular weight is 222 g/mol. The Hall–Kier alpha value is 0.506. The predicted octanol–water partition coefficient (Wildman–Crippen LogP) is -1.79. The zero-order chi connectivity index (χ0) is 9.03. The van der Waals surface area contributed by atoms with E-state index in [-0.39, 0.29) is 51.4 Å². The third-order valence-electron chi connectivity index (χ3n) is 1.23. The van der Waals surface area contributed by atoms with Crippen LogP contribution < -0.4 is 51.4 Å². The van der Waals surface area contributed by atoms with Gasteiger partial charge in [0.05, 0.1) is 0 Å². The fourth-order valence-corrected chi connectivity index (χ4v) is 1.05. The van der Waals surface area contributed by atoms with E-state index in [2.05, 4.69) is 0 Å². The van der Waals surface area contributed by atoms with Crippen LogP contribution in [0.25, 0.3) is 6.08 Å². The predicted molar refractivity (Wildman–Crippen MR) is 45.2 cm³/mol. The van der Waals surface area contributed by atoms with Gasteiger partial charge in [-0.25, -0.2) is 8.42 Å². The molecule has 0 aromatic heterocycles. The molecule has 0 atom stereocenters. The molecule has 0 amide bonds. The van der Waals surface area contributed by atoms with E-state index in [0.717, 1.165) is 0 Å². The van der Waals surface area contributed by atoms with Crippen molar-refractivity contribution in [2.75, 3.05) is 0 Å². The first-order valence-electron chi connectivity index (χ1n) is 3.27. The fourth-order valence-electron chi connectivity index (χ4n) is 0.726. The van der Waals surface area contributed by atoms with Crippen LogP contribution in [0.2, 0.25) is 0 Å². The standard InChI is InChI=1S/C8H8O3S.K/c9-12(10,11)7-6-8-4-2-1-3-5-8;/h1-7H,(H,9,10,11);/q;+1/p-1/b7-6+;. The summed E-state index contributed by atoms with van der Waals surface area (Å²) in [6.07, 6.45) is 1.27. The Bertz CT molecular complexity index is 370. The summed E-state index contributed by atoms with van der Waals surface area (Å²) >= 11 is 0. The van der Waals surface area contributed by atoms with Crippen molar-refractivity contribution in [2.24, 2.45) is 0 Å². The first-order chi connectivity index (χ1) is 5.58. The van der Waals surface area contributed by atoms with Gasteiger partial charge in [-0.3, -0.25) is 0 Å². The van der Waals surface area contributed by atoms with Crippen molar-refractivity contribution in [3.63, 3.8) is 0 Å². The monoisotopic (exact) mass is 222 g/mol. The van der Waals surface area contributed by atoms with Gasteiger partial charge in [0, 0.05) is 5.41 Å². The third kappa shape index (κ3) is 6.56. The zero-order valence-electron chi connectivity index (χ0n) is 7.17. The molecule has 1 rings (SSSR count). The molecular formula is C8H7KO3S. The zero-order valence-corrected chi connectivity index (χ0v) is 11.1. The molecule has 1 aromatic carbocycles. The van der Waals surface area contributed by atoms with Gasteiger partial charge in [0.2, 0.25) is 0 Å². The molecule has 0 heterocycles. The van der Waals surface area contributed by atoms with Gasteiger partial charge in [0.15, 0.2) is 0 Å². The van der Waals surface area contributed by atoms with Crippen LogP contribution in [0.4, 0.5) is 0 Å². The van der Waals surface area contributed by atoms with Crippen molar-refractivity contribution in [1.82, 2.24) is 0 Å². The minimum Gasteiger partial charge on any atom is -0.744 e. The Morgan fingerprint density at radius 1 is 1.15 bits per heavy atom. The van der Waals surface area contributed by atoms with Crippen LogP contribution >= 0.6 is 0 Å². The summed E-state index contributed by atoms with van der Waals surface area (Å²) in [5.41, 5.74) is 0.692. The van der Waals surface area contributed by atoms with Gasteiger partial charge in [-0.15, -0.1) is 0 Å². The Morgan fingerprint density at radius 3 is 2.15 bits per heavy atom. The molecule has 1 aromatic rings. The number of hydrogen-bond acceptors (Lipinski definition) is 3. The molecule has 0 aliphatic carbocycles. The van der Waals surface area contributed by atoms with Gasteiger partial charge in [-0.1, -0.05) is 30.3 Å². The maximum Gasteiger partial charge on any atom is 1.00 e. The van der Waals surface area contributed by atoms with E-state index in [0.29, 0.717) is 11.0 Å². The second-order valence-electron chi connectivity index (χ2n) is 2.21. The summed E-state index contributed by atoms with van der Waals surface area (Å²) in [6.45, 7) is 0. The maximum atomic E-state index is 10.2. The van der Waals surface area contributed by atoms with Crippen LogP contribution in [-0.4, -0.2) is 13.0 Å². The molecule has 0 saturated carbocycles. The number of rotatable bonds is 2. The van der Waals surface area contributed by atoms with Crippen molar-refractivity contribution in [2.45, 2.75) is 0 Å². The van der Waals surface area contributed by atoms with Gasteiger partial charge in [-0.2, -0.15) is 0 Å². The Labute approximate surface area is 120 Å². The largest absolute Gasteiger partial charge is 1.00 e. The SMILES string of the molecule is O=S(=O)([O-])/C=C/c1ccccc1.[K+]. The van der Waals surface area contributed by atoms with Crippen molar-refractivity contribution in [1.29, 1.82) is 0 Å². The second-order valence-corrected chi connectivity index (χ2v) is 3.46. The normalized spacial score (nSPS) is 11.2. The Kier molecular flexibility index (Phi) is 6.31. The molecule has 0 saturated heterocycles. The van der Waals surface area contributed by atoms with Crippen LogP contribution in [-0.2, 0) is 10.1 Å². The van der Waals surface area contributed by atoms with E-state index in [1.807, 2.05) is 6.07 Å². The average Bonchev–Trinajstić information content (AvgIpc) is 2.02. The van der Waals surface area contributed by atoms with Crippen LogP contribution in [0.5, 0.6) is 0 Å². The van der Waals surface area contributed by atoms with E-state index >= 15 is 0 Å². The molecule has 0 radical (unpaired) electrons. The summed E-state index contributed by atoms with van der Waals surface area (Å²) in [5.74, 6) is 0. The summed E-state index contributed by atoms with van der Waals surface area (Å²) in [7, 11) is -4.25. The van der Waals surface area contributed by atoms with E-state index in [1.54, 1.807) is 24.3 Å². The molecule has 0 aliphatic rings. The minimum atomic E-state index is -4.25. The Morgan fingerprint density at radius 2 is 1.69 bits per heavy atom. The van der Waals surface area contributed by atoms with Gasteiger partial charge < -0.3 is 4.55 Å². The molecule has 5 heteroatoms. The molecule has 0 aliphatic heterocycles. The quantitative estimate of drug-likeness (QED) is 0.438. The first kappa shape index (κ1) is 13.5. The molecule has 13 heavy (non-hydrogen) atoms. The van der Waals surface area contributed by atoms with E-state index in [9.17, 15) is 13.0 Å². The molecule has 0 fully saturated rings. The van der Waals surface area contributed by atoms with E-state index in [4.69, 9.17) is 0 Å². The maximum absolute atomic E-state index is 10.2. The van der Waals surface area contributed by atoms with Gasteiger partial charge >= 0.3 is 51.4 Å². The van der Waals surface area contributed by atoms with Crippen LogP contribution in [0, 0.1) is 0 Å². The smallest absolute Gasteiger partial charge is 0.744 e. The minimum absolute atomic E-state index is 0. The van der Waals surface area contributed by atoms with Gasteiger partial charge in [0.1, 0.15) is 10.1 Å². The van der Waals surface area contributed by atoms with E-state index < -0.39 is 10.1 Å². The molecule has 0 spiro atoms. The van der Waals surface area contributed by atoms with Crippen LogP contribution in [0.3, 0.4) is 0 Å². The van der Waals surface area contributed by atoms with Crippen molar-refractivity contribution in [3.05, 3.63) is 41.3 Å². The topological polar surface area (TPSA) is 57.2 Å². The summed E-state index contributed by atoms with van der Waals surface area (Å²) in [6, 6.07) is 8.75. The van der Waals surface area contributed by atoms with Crippen molar-refractivity contribution >= 4 is 16.2 Å². The molecule has 0 bridgehead atoms. The molecule has 3 nitrogen and oxygen atoms in total. The first-order valence-corrected chi connectivity index (χ1v) is 4.74. The summed E-state index contributed by atoms with van der Waals surface area (Å²) in [4.78, 5) is 0. The summed E-state index contributed by atoms with van der Waals surface area (Å²) in [5, 5.41) is 0.641. The van der Waals surface area contributed by atoms with Gasteiger partial charge in [-0.05, 0) is 11.6 Å². The van der Waals surface area contributed by atoms with Crippen molar-refractivity contribution in [3.8, 4) is 0 Å². The second kappa shape index (κ2) is 6.08. The third-order valence-corrected chi connectivity index (χ3v) is 1.70. The molecule has 0 unspecified atom stereocenters. The molecular weight excluding hydrogens is 215 g/mol. The van der Waals surface area contributed by atoms with Crippen molar-refractivity contribution < 1.29 is 64.4 Å². The van der Waals surface area contributed by atoms with Crippen LogP contribution in [0.15, 0.2) is 35.7 Å². The number of hydrogen-bond donors (Lipinski definition) is 0. The Balaban J connectivity index is 0.00000144. The fraction of sp³-hybridized carbons (Fsp3) is 0. The van der Waals surface area contributed by atoms with Crippen LogP contribution in [0.1, 0.15) is 5.56 Å². The molecule has 0 N–H and O–H groups in total. The molecule has 64 valence electrons. The number of benzene rings is 1.